The van der Waals surface area contributed by atoms with Gasteiger partial charge in [-0.2, -0.15) is 0 Å². The van der Waals surface area contributed by atoms with Gasteiger partial charge >= 0.3 is 0 Å². The number of benzene rings is 2. The number of rotatable bonds is 3. The van der Waals surface area contributed by atoms with Gasteiger partial charge in [-0.3, -0.25) is 4.79 Å². The van der Waals surface area contributed by atoms with Crippen LogP contribution in [0.3, 0.4) is 0 Å². The molecule has 2 heteroatoms. The molecule has 0 atom stereocenters. The van der Waals surface area contributed by atoms with Gasteiger partial charge in [0.25, 0.3) is 0 Å². The maximum absolute atomic E-state index is 14.3. The summed E-state index contributed by atoms with van der Waals surface area (Å²) in [7, 11) is 0. The molecular weight excluding hydrogens is 239 g/mol. The Labute approximate surface area is 112 Å². The molecule has 96 valence electrons. The van der Waals surface area contributed by atoms with Gasteiger partial charge in [0.1, 0.15) is 5.83 Å². The van der Waals surface area contributed by atoms with E-state index in [-0.39, 0.29) is 11.6 Å². The summed E-state index contributed by atoms with van der Waals surface area (Å²) in [5.41, 5.74) is 2.53. The Morgan fingerprint density at radius 1 is 0.789 bits per heavy atom. The number of carbonyl (C=O) groups excluding carboxylic acids is 1. The van der Waals surface area contributed by atoms with E-state index < -0.39 is 0 Å². The number of hydrogen-bond donors (Lipinski definition) is 0. The first-order valence-corrected chi connectivity index (χ1v) is 6.13. The smallest absolute Gasteiger partial charge is 0.159 e. The summed E-state index contributed by atoms with van der Waals surface area (Å²) in [5, 5.41) is 0. The fourth-order valence-electron chi connectivity index (χ4n) is 1.88. The standard InChI is InChI=1S/C17H15FO/c1-12(14-6-4-3-5-7-14)17(18)16-10-8-15(9-11-16)13(2)19/h3-11H,1-2H3/b17-12-. The van der Waals surface area contributed by atoms with Crippen molar-refractivity contribution in [2.45, 2.75) is 13.8 Å². The lowest BCUT2D eigenvalue weighted by Gasteiger charge is -2.06. The van der Waals surface area contributed by atoms with Crippen LogP contribution in [0.1, 0.15) is 35.3 Å². The van der Waals surface area contributed by atoms with Crippen LogP contribution in [0.4, 0.5) is 4.39 Å². The molecule has 2 rings (SSSR count). The van der Waals surface area contributed by atoms with E-state index in [1.165, 1.54) is 6.92 Å². The Balaban J connectivity index is 2.38. The summed E-state index contributed by atoms with van der Waals surface area (Å²) in [6.07, 6.45) is 0. The molecule has 2 aromatic rings. The molecule has 0 aliphatic rings. The normalized spacial score (nSPS) is 11.9. The third-order valence-electron chi connectivity index (χ3n) is 3.08. The Kier molecular flexibility index (Phi) is 3.91. The molecule has 0 bridgehead atoms. The summed E-state index contributed by atoms with van der Waals surface area (Å²) < 4.78 is 14.3. The fourth-order valence-corrected chi connectivity index (χ4v) is 1.88. The van der Waals surface area contributed by atoms with E-state index in [1.807, 2.05) is 30.3 Å². The molecule has 2 aromatic carbocycles. The van der Waals surface area contributed by atoms with E-state index >= 15 is 0 Å². The second-order valence-electron chi connectivity index (χ2n) is 4.44. The van der Waals surface area contributed by atoms with Crippen LogP contribution in [0.5, 0.6) is 0 Å². The highest BCUT2D eigenvalue weighted by atomic mass is 19.1. The van der Waals surface area contributed by atoms with Crippen LogP contribution in [-0.2, 0) is 0 Å². The van der Waals surface area contributed by atoms with Crippen molar-refractivity contribution in [3.63, 3.8) is 0 Å². The van der Waals surface area contributed by atoms with Crippen LogP contribution in [0.15, 0.2) is 54.6 Å². The first-order valence-electron chi connectivity index (χ1n) is 6.13. The summed E-state index contributed by atoms with van der Waals surface area (Å²) in [6.45, 7) is 3.25. The van der Waals surface area contributed by atoms with Gasteiger partial charge in [-0.25, -0.2) is 4.39 Å². The Morgan fingerprint density at radius 2 is 1.32 bits per heavy atom. The van der Waals surface area contributed by atoms with Crippen molar-refractivity contribution in [2.24, 2.45) is 0 Å². The molecule has 0 unspecified atom stereocenters. The number of Topliss-reactive ketones (excluding diaryl/α,β-unsaturated/α-hetero) is 1. The van der Waals surface area contributed by atoms with Crippen molar-refractivity contribution in [3.05, 3.63) is 71.3 Å². The fraction of sp³-hybridized carbons (Fsp3) is 0.118. The second kappa shape index (κ2) is 5.61. The number of halogens is 1. The monoisotopic (exact) mass is 254 g/mol. The zero-order chi connectivity index (χ0) is 13.8. The van der Waals surface area contributed by atoms with E-state index in [0.29, 0.717) is 16.7 Å². The van der Waals surface area contributed by atoms with Gasteiger partial charge in [0.15, 0.2) is 5.78 Å². The summed E-state index contributed by atoms with van der Waals surface area (Å²) in [4.78, 5) is 11.2. The van der Waals surface area contributed by atoms with E-state index in [0.717, 1.165) is 5.56 Å². The molecule has 0 aliphatic carbocycles. The number of carbonyl (C=O) groups is 1. The molecule has 19 heavy (non-hydrogen) atoms. The third kappa shape index (κ3) is 2.97. The van der Waals surface area contributed by atoms with Gasteiger partial charge in [-0.05, 0) is 25.0 Å². The Morgan fingerprint density at radius 3 is 1.84 bits per heavy atom. The lowest BCUT2D eigenvalue weighted by atomic mass is 10.0. The van der Waals surface area contributed by atoms with Crippen molar-refractivity contribution < 1.29 is 9.18 Å². The highest BCUT2D eigenvalue weighted by Gasteiger charge is 2.07. The lowest BCUT2D eigenvalue weighted by molar-refractivity contribution is 0.101. The molecule has 0 aromatic heterocycles. The van der Waals surface area contributed by atoms with Crippen LogP contribution in [0, 0.1) is 0 Å². The van der Waals surface area contributed by atoms with Crippen molar-refractivity contribution in [1.82, 2.24) is 0 Å². The van der Waals surface area contributed by atoms with E-state index in [4.69, 9.17) is 0 Å². The van der Waals surface area contributed by atoms with Gasteiger partial charge < -0.3 is 0 Å². The molecule has 1 nitrogen and oxygen atoms in total. The van der Waals surface area contributed by atoms with E-state index in [9.17, 15) is 9.18 Å². The van der Waals surface area contributed by atoms with Crippen LogP contribution >= 0.6 is 0 Å². The van der Waals surface area contributed by atoms with Gasteiger partial charge in [0.2, 0.25) is 0 Å². The van der Waals surface area contributed by atoms with Gasteiger partial charge in [0.05, 0.1) is 0 Å². The topological polar surface area (TPSA) is 17.1 Å². The SMILES string of the molecule is CC(=O)c1ccc(/C(F)=C(\C)c2ccccc2)cc1. The van der Waals surface area contributed by atoms with Crippen molar-refractivity contribution in [2.75, 3.05) is 0 Å². The van der Waals surface area contributed by atoms with E-state index in [1.54, 1.807) is 31.2 Å². The molecule has 0 saturated heterocycles. The summed E-state index contributed by atoms with van der Waals surface area (Å²) in [6, 6.07) is 16.0. The summed E-state index contributed by atoms with van der Waals surface area (Å²) in [5.74, 6) is -0.281. The average molecular weight is 254 g/mol. The molecule has 0 aliphatic heterocycles. The van der Waals surface area contributed by atoms with Crippen molar-refractivity contribution in [1.29, 1.82) is 0 Å². The van der Waals surface area contributed by atoms with Crippen LogP contribution in [0.2, 0.25) is 0 Å². The van der Waals surface area contributed by atoms with E-state index in [2.05, 4.69) is 0 Å². The zero-order valence-corrected chi connectivity index (χ0v) is 11.0. The van der Waals surface area contributed by atoms with Gasteiger partial charge in [-0.15, -0.1) is 0 Å². The van der Waals surface area contributed by atoms with Crippen molar-refractivity contribution >= 4 is 17.2 Å². The number of hydrogen-bond acceptors (Lipinski definition) is 1. The molecule has 0 amide bonds. The third-order valence-corrected chi connectivity index (χ3v) is 3.08. The quantitative estimate of drug-likeness (QED) is 0.570. The number of ketones is 1. The Hall–Kier alpha value is -2.22. The molecule has 0 spiro atoms. The van der Waals surface area contributed by atoms with Crippen LogP contribution in [-0.4, -0.2) is 5.78 Å². The maximum atomic E-state index is 14.3. The molecule has 0 saturated carbocycles. The molecule has 0 N–H and O–H groups in total. The highest BCUT2D eigenvalue weighted by Crippen LogP contribution is 2.27. The average Bonchev–Trinajstić information content (AvgIpc) is 2.46. The minimum absolute atomic E-state index is 0.0179. The van der Waals surface area contributed by atoms with Crippen LogP contribution < -0.4 is 0 Å². The largest absolute Gasteiger partial charge is 0.295 e. The first-order chi connectivity index (χ1) is 9.09. The molecule has 0 heterocycles. The minimum Gasteiger partial charge on any atom is -0.295 e. The van der Waals surface area contributed by atoms with Gasteiger partial charge in [0, 0.05) is 11.1 Å². The predicted octanol–water partition coefficient (Wildman–Crippen LogP) is 4.75. The first kappa shape index (κ1) is 13.2. The zero-order valence-electron chi connectivity index (χ0n) is 11.0. The highest BCUT2D eigenvalue weighted by molar-refractivity contribution is 5.94. The molecule has 0 fully saturated rings. The predicted molar refractivity (Wildman–Crippen MR) is 76.5 cm³/mol. The number of allylic oxidation sites excluding steroid dienone is 1. The molecular formula is C17H15FO. The second-order valence-corrected chi connectivity index (χ2v) is 4.44. The van der Waals surface area contributed by atoms with Crippen LogP contribution in [0.25, 0.3) is 11.4 Å². The van der Waals surface area contributed by atoms with Gasteiger partial charge in [-0.1, -0.05) is 54.6 Å². The summed E-state index contributed by atoms with van der Waals surface area (Å²) >= 11 is 0. The minimum atomic E-state index is -0.263. The Bertz CT molecular complexity index is 609. The van der Waals surface area contributed by atoms with Crippen molar-refractivity contribution in [3.8, 4) is 0 Å². The lowest BCUT2D eigenvalue weighted by Crippen LogP contribution is -1.92. The maximum Gasteiger partial charge on any atom is 0.159 e. The molecule has 0 radical (unpaired) electrons.